The lowest BCUT2D eigenvalue weighted by Crippen LogP contribution is -2.44. The van der Waals surface area contributed by atoms with Crippen LogP contribution in [0.1, 0.15) is 24.1 Å². The molecule has 1 N–H and O–H groups in total. The van der Waals surface area contributed by atoms with Crippen LogP contribution in [-0.2, 0) is 6.42 Å². The Kier molecular flexibility index (Phi) is 5.60. The summed E-state index contributed by atoms with van der Waals surface area (Å²) in [5, 5.41) is 11.7. The number of aryl methyl sites for hydroxylation is 1. The van der Waals surface area contributed by atoms with Crippen LogP contribution in [0.4, 0.5) is 10.1 Å². The van der Waals surface area contributed by atoms with Crippen LogP contribution >= 0.6 is 0 Å². The molecule has 3 aromatic rings. The summed E-state index contributed by atoms with van der Waals surface area (Å²) in [5.41, 5.74) is 2.82. The van der Waals surface area contributed by atoms with Crippen molar-refractivity contribution in [2.24, 2.45) is 0 Å². The minimum Gasteiger partial charge on any atom is -0.303 e. The van der Waals surface area contributed by atoms with Crippen LogP contribution in [-0.4, -0.2) is 45.2 Å². The van der Waals surface area contributed by atoms with Crippen molar-refractivity contribution in [2.45, 2.75) is 32.2 Å². The third-order valence-electron chi connectivity index (χ3n) is 5.71. The van der Waals surface area contributed by atoms with Crippen molar-refractivity contribution in [2.75, 3.05) is 24.7 Å². The fourth-order valence-electron chi connectivity index (χ4n) is 3.99. The van der Waals surface area contributed by atoms with Gasteiger partial charge in [-0.1, -0.05) is 6.07 Å². The minimum atomic E-state index is -0.314. The van der Waals surface area contributed by atoms with Crippen molar-refractivity contribution in [3.05, 3.63) is 76.1 Å². The Balaban J connectivity index is 1.36. The molecule has 152 valence electrons. The van der Waals surface area contributed by atoms with E-state index in [2.05, 4.69) is 9.88 Å². The van der Waals surface area contributed by atoms with Crippen LogP contribution in [0.15, 0.2) is 53.5 Å². The second kappa shape index (κ2) is 8.31. The molecule has 3 heterocycles. The topological polar surface area (TPSA) is 61.1 Å². The maximum Gasteiger partial charge on any atom is 0.261 e. The quantitative estimate of drug-likeness (QED) is 0.672. The molecule has 1 aromatic carbocycles. The van der Waals surface area contributed by atoms with E-state index in [1.54, 1.807) is 22.7 Å². The largest absolute Gasteiger partial charge is 0.303 e. The molecule has 1 saturated heterocycles. The average Bonchev–Trinajstić information content (AvgIpc) is 2.74. The zero-order valence-corrected chi connectivity index (χ0v) is 16.5. The van der Waals surface area contributed by atoms with E-state index < -0.39 is 0 Å². The molecule has 0 radical (unpaired) electrons. The second-order valence-electron chi connectivity index (χ2n) is 7.55. The van der Waals surface area contributed by atoms with E-state index in [-0.39, 0.29) is 17.4 Å². The van der Waals surface area contributed by atoms with E-state index in [9.17, 15) is 14.4 Å². The number of likely N-dealkylation sites (tertiary alicyclic amines) is 1. The SMILES string of the molecule is Cc1nc2ccccn2c(=O)c1CCN1CCC(N(O)c2ccc(F)cc2)CC1. The molecule has 1 fully saturated rings. The second-order valence-corrected chi connectivity index (χ2v) is 7.55. The highest BCUT2D eigenvalue weighted by molar-refractivity contribution is 5.44. The lowest BCUT2D eigenvalue weighted by atomic mass is 10.0. The van der Waals surface area contributed by atoms with Gasteiger partial charge >= 0.3 is 0 Å². The molecule has 4 rings (SSSR count). The van der Waals surface area contributed by atoms with Crippen LogP contribution in [0.25, 0.3) is 5.65 Å². The number of hydroxylamine groups is 1. The molecular weight excluding hydrogens is 371 g/mol. The number of fused-ring (bicyclic) bond motifs is 1. The summed E-state index contributed by atoms with van der Waals surface area (Å²) >= 11 is 0. The van der Waals surface area contributed by atoms with Gasteiger partial charge in [-0.3, -0.25) is 19.5 Å². The van der Waals surface area contributed by atoms with Crippen molar-refractivity contribution >= 4 is 11.3 Å². The lowest BCUT2D eigenvalue weighted by molar-refractivity contribution is 0.144. The maximum atomic E-state index is 13.1. The van der Waals surface area contributed by atoms with E-state index in [1.165, 1.54) is 17.2 Å². The van der Waals surface area contributed by atoms with Crippen molar-refractivity contribution < 1.29 is 9.60 Å². The van der Waals surface area contributed by atoms with Gasteiger partial charge in [-0.2, -0.15) is 0 Å². The Hall–Kier alpha value is -2.77. The first kappa shape index (κ1) is 19.5. The van der Waals surface area contributed by atoms with Gasteiger partial charge in [0.2, 0.25) is 0 Å². The average molecular weight is 396 g/mol. The lowest BCUT2D eigenvalue weighted by Gasteiger charge is -2.36. The molecule has 0 unspecified atom stereocenters. The standard InChI is InChI=1S/C22H25FN4O2/c1-16-20(22(28)26-12-3-2-4-21(26)24-16)11-15-25-13-9-19(10-14-25)27(29)18-7-5-17(23)6-8-18/h2-8,12,19,29H,9-11,13-15H2,1H3. The van der Waals surface area contributed by atoms with Crippen molar-refractivity contribution in [3.63, 3.8) is 0 Å². The first-order chi connectivity index (χ1) is 14.0. The Labute approximate surface area is 168 Å². The molecule has 0 saturated carbocycles. The van der Waals surface area contributed by atoms with E-state index in [4.69, 9.17) is 0 Å². The molecule has 0 amide bonds. The number of hydrogen-bond donors (Lipinski definition) is 1. The molecule has 2 aromatic heterocycles. The number of pyridine rings is 1. The Bertz CT molecular complexity index is 1040. The molecule has 0 atom stereocenters. The van der Waals surface area contributed by atoms with Crippen molar-refractivity contribution in [1.82, 2.24) is 14.3 Å². The van der Waals surface area contributed by atoms with Gasteiger partial charge in [0.15, 0.2) is 0 Å². The Morgan fingerprint density at radius 3 is 2.62 bits per heavy atom. The molecule has 1 aliphatic heterocycles. The molecule has 1 aliphatic rings. The van der Waals surface area contributed by atoms with E-state index >= 15 is 0 Å². The fraction of sp³-hybridized carbons (Fsp3) is 0.364. The van der Waals surface area contributed by atoms with Crippen LogP contribution in [0.2, 0.25) is 0 Å². The summed E-state index contributed by atoms with van der Waals surface area (Å²) in [6.07, 6.45) is 4.02. The molecular formula is C22H25FN4O2. The number of hydrogen-bond acceptors (Lipinski definition) is 5. The van der Waals surface area contributed by atoms with Gasteiger partial charge < -0.3 is 4.90 Å². The number of nitrogens with zero attached hydrogens (tertiary/aromatic N) is 4. The zero-order chi connectivity index (χ0) is 20.4. The summed E-state index contributed by atoms with van der Waals surface area (Å²) in [7, 11) is 0. The Morgan fingerprint density at radius 1 is 1.17 bits per heavy atom. The highest BCUT2D eigenvalue weighted by Gasteiger charge is 2.24. The van der Waals surface area contributed by atoms with Gasteiger partial charge in [-0.15, -0.1) is 0 Å². The van der Waals surface area contributed by atoms with Gasteiger partial charge in [-0.05, 0) is 62.6 Å². The van der Waals surface area contributed by atoms with Gasteiger partial charge in [0.1, 0.15) is 11.5 Å². The summed E-state index contributed by atoms with van der Waals surface area (Å²) in [5.74, 6) is -0.314. The monoisotopic (exact) mass is 396 g/mol. The Morgan fingerprint density at radius 2 is 1.90 bits per heavy atom. The highest BCUT2D eigenvalue weighted by atomic mass is 19.1. The number of aromatic nitrogens is 2. The number of halogens is 1. The maximum absolute atomic E-state index is 13.1. The summed E-state index contributed by atoms with van der Waals surface area (Å²) in [6.45, 7) is 4.35. The van der Waals surface area contributed by atoms with Crippen LogP contribution in [0, 0.1) is 12.7 Å². The van der Waals surface area contributed by atoms with Crippen molar-refractivity contribution in [3.8, 4) is 0 Å². The molecule has 7 heteroatoms. The van der Waals surface area contributed by atoms with Crippen LogP contribution in [0.5, 0.6) is 0 Å². The van der Waals surface area contributed by atoms with E-state index in [1.807, 2.05) is 25.1 Å². The van der Waals surface area contributed by atoms with E-state index in [0.29, 0.717) is 17.8 Å². The van der Waals surface area contributed by atoms with Crippen LogP contribution in [0.3, 0.4) is 0 Å². The normalized spacial score (nSPS) is 15.7. The molecule has 0 bridgehead atoms. The third kappa shape index (κ3) is 4.16. The molecule has 0 spiro atoms. The molecule has 6 nitrogen and oxygen atoms in total. The predicted molar refractivity (Wildman–Crippen MR) is 110 cm³/mol. The van der Waals surface area contributed by atoms with Crippen molar-refractivity contribution in [1.29, 1.82) is 0 Å². The van der Waals surface area contributed by atoms with Gasteiger partial charge in [0, 0.05) is 37.1 Å². The summed E-state index contributed by atoms with van der Waals surface area (Å²) in [6, 6.07) is 11.4. The minimum absolute atomic E-state index is 0.000768. The first-order valence-electron chi connectivity index (χ1n) is 9.96. The third-order valence-corrected chi connectivity index (χ3v) is 5.71. The number of benzene rings is 1. The number of anilines is 1. The number of piperidine rings is 1. The smallest absolute Gasteiger partial charge is 0.261 e. The van der Waals surface area contributed by atoms with Gasteiger partial charge in [0.05, 0.1) is 11.7 Å². The van der Waals surface area contributed by atoms with Gasteiger partial charge in [-0.25, -0.2) is 9.37 Å². The predicted octanol–water partition coefficient (Wildman–Crippen LogP) is 3.04. The van der Waals surface area contributed by atoms with Crippen LogP contribution < -0.4 is 10.6 Å². The molecule has 0 aliphatic carbocycles. The zero-order valence-electron chi connectivity index (χ0n) is 16.5. The first-order valence-corrected chi connectivity index (χ1v) is 9.96. The summed E-state index contributed by atoms with van der Waals surface area (Å²) in [4.78, 5) is 19.6. The number of rotatable bonds is 5. The summed E-state index contributed by atoms with van der Waals surface area (Å²) < 4.78 is 14.7. The highest BCUT2D eigenvalue weighted by Crippen LogP contribution is 2.22. The fourth-order valence-corrected chi connectivity index (χ4v) is 3.99. The van der Waals surface area contributed by atoms with E-state index in [0.717, 1.165) is 43.7 Å². The van der Waals surface area contributed by atoms with Gasteiger partial charge in [0.25, 0.3) is 5.56 Å². The molecule has 29 heavy (non-hydrogen) atoms.